The average Bonchev–Trinajstić information content (AvgIpc) is 2.30. The molecule has 0 heterocycles. The molecule has 1 aromatic rings. The monoisotopic (exact) mass is 301 g/mol. The van der Waals surface area contributed by atoms with Gasteiger partial charge < -0.3 is 9.84 Å². The maximum Gasteiger partial charge on any atom is 0.321 e. The van der Waals surface area contributed by atoms with Crippen molar-refractivity contribution in [3.8, 4) is 5.75 Å². The fraction of sp³-hybridized carbons (Fsp3) is 0.462. The fourth-order valence-electron chi connectivity index (χ4n) is 1.53. The number of aliphatic carboxylic acids is 1. The highest BCUT2D eigenvalue weighted by molar-refractivity contribution is 7.89. The van der Waals surface area contributed by atoms with Crippen LogP contribution in [0.1, 0.15) is 26.3 Å². The van der Waals surface area contributed by atoms with Crippen molar-refractivity contribution in [3.05, 3.63) is 23.8 Å². The summed E-state index contributed by atoms with van der Waals surface area (Å²) in [6, 6.07) is 3.22. The summed E-state index contributed by atoms with van der Waals surface area (Å²) >= 11 is 0. The SMILES string of the molecule is Cc1cc(S(=O)(=O)N[C@@H](C)C(=O)O)ccc1OC(C)C. The molecule has 6 nitrogen and oxygen atoms in total. The highest BCUT2D eigenvalue weighted by Gasteiger charge is 2.22. The van der Waals surface area contributed by atoms with Crippen molar-refractivity contribution in [3.63, 3.8) is 0 Å². The largest absolute Gasteiger partial charge is 0.491 e. The second kappa shape index (κ2) is 6.23. The predicted octanol–water partition coefficient (Wildman–Crippen LogP) is 1.53. The van der Waals surface area contributed by atoms with E-state index in [1.807, 2.05) is 13.8 Å². The molecule has 0 fully saturated rings. The molecular weight excluding hydrogens is 282 g/mol. The van der Waals surface area contributed by atoms with Gasteiger partial charge in [0, 0.05) is 0 Å². The Morgan fingerprint density at radius 2 is 1.90 bits per heavy atom. The van der Waals surface area contributed by atoms with Crippen molar-refractivity contribution in [2.24, 2.45) is 0 Å². The van der Waals surface area contributed by atoms with Crippen molar-refractivity contribution in [1.29, 1.82) is 0 Å². The zero-order chi connectivity index (χ0) is 15.5. The van der Waals surface area contributed by atoms with Crippen LogP contribution in [0.15, 0.2) is 23.1 Å². The van der Waals surface area contributed by atoms with E-state index in [-0.39, 0.29) is 11.0 Å². The lowest BCUT2D eigenvalue weighted by molar-refractivity contribution is -0.138. The maximum absolute atomic E-state index is 12.0. The Bertz CT molecular complexity index is 595. The van der Waals surface area contributed by atoms with Crippen LogP contribution in [0, 0.1) is 6.92 Å². The van der Waals surface area contributed by atoms with Gasteiger partial charge in [-0.15, -0.1) is 0 Å². The van der Waals surface area contributed by atoms with Crippen LogP contribution in [-0.2, 0) is 14.8 Å². The number of nitrogens with one attached hydrogen (secondary N) is 1. The Morgan fingerprint density at radius 1 is 1.30 bits per heavy atom. The summed E-state index contributed by atoms with van der Waals surface area (Å²) in [5, 5.41) is 8.74. The number of carboxylic acid groups (broad SMARTS) is 1. The van der Waals surface area contributed by atoms with Gasteiger partial charge in [-0.05, 0) is 51.5 Å². The van der Waals surface area contributed by atoms with Gasteiger partial charge in [-0.25, -0.2) is 8.42 Å². The third kappa shape index (κ3) is 4.21. The highest BCUT2D eigenvalue weighted by atomic mass is 32.2. The first-order valence-corrected chi connectivity index (χ1v) is 7.64. The second-order valence-corrected chi connectivity index (χ2v) is 6.49. The molecule has 0 aliphatic rings. The average molecular weight is 301 g/mol. The summed E-state index contributed by atoms with van der Waals surface area (Å²) < 4.78 is 31.6. The van der Waals surface area contributed by atoms with Gasteiger partial charge in [0.1, 0.15) is 11.8 Å². The van der Waals surface area contributed by atoms with Crippen LogP contribution in [0.25, 0.3) is 0 Å². The standard InChI is InChI=1S/C13H19NO5S/c1-8(2)19-12-6-5-11(7-9(12)3)20(17,18)14-10(4)13(15)16/h5-8,10,14H,1-4H3,(H,15,16)/t10-/m0/s1. The molecule has 1 rings (SSSR count). The molecule has 20 heavy (non-hydrogen) atoms. The third-order valence-corrected chi connectivity index (χ3v) is 4.06. The molecule has 0 unspecified atom stereocenters. The van der Waals surface area contributed by atoms with Crippen molar-refractivity contribution < 1.29 is 23.1 Å². The van der Waals surface area contributed by atoms with E-state index in [4.69, 9.17) is 9.84 Å². The third-order valence-electron chi connectivity index (χ3n) is 2.52. The number of aryl methyl sites for hydroxylation is 1. The van der Waals surface area contributed by atoms with Gasteiger partial charge in [-0.3, -0.25) is 4.79 Å². The Kier molecular flexibility index (Phi) is 5.13. The topological polar surface area (TPSA) is 92.7 Å². The van der Waals surface area contributed by atoms with E-state index in [0.717, 1.165) is 0 Å². The molecule has 7 heteroatoms. The molecule has 112 valence electrons. The number of carbonyl (C=O) groups is 1. The van der Waals surface area contributed by atoms with Crippen molar-refractivity contribution >= 4 is 16.0 Å². The summed E-state index contributed by atoms with van der Waals surface area (Å²) in [7, 11) is -3.86. The second-order valence-electron chi connectivity index (χ2n) is 4.78. The quantitative estimate of drug-likeness (QED) is 0.831. The maximum atomic E-state index is 12.0. The Morgan fingerprint density at radius 3 is 2.35 bits per heavy atom. The summed E-state index contributed by atoms with van der Waals surface area (Å²) in [6.45, 7) is 6.75. The first-order chi connectivity index (χ1) is 9.13. The van der Waals surface area contributed by atoms with Gasteiger partial charge in [0.2, 0.25) is 10.0 Å². The summed E-state index contributed by atoms with van der Waals surface area (Å²) in [4.78, 5) is 10.7. The Hall–Kier alpha value is -1.60. The Balaban J connectivity index is 3.03. The van der Waals surface area contributed by atoms with E-state index >= 15 is 0 Å². The number of rotatable bonds is 6. The molecule has 0 aliphatic heterocycles. The van der Waals surface area contributed by atoms with E-state index in [2.05, 4.69) is 4.72 Å². The number of ether oxygens (including phenoxy) is 1. The van der Waals surface area contributed by atoms with Gasteiger partial charge in [-0.1, -0.05) is 0 Å². The lowest BCUT2D eigenvalue weighted by atomic mass is 10.2. The molecule has 0 saturated carbocycles. The van der Waals surface area contributed by atoms with Gasteiger partial charge in [0.15, 0.2) is 0 Å². The van der Waals surface area contributed by atoms with Gasteiger partial charge in [-0.2, -0.15) is 4.72 Å². The van der Waals surface area contributed by atoms with Crippen molar-refractivity contribution in [1.82, 2.24) is 4.72 Å². The molecular formula is C13H19NO5S. The molecule has 0 bridgehead atoms. The molecule has 0 saturated heterocycles. The van der Waals surface area contributed by atoms with Crippen LogP contribution in [0.4, 0.5) is 0 Å². The van der Waals surface area contributed by atoms with E-state index in [0.29, 0.717) is 11.3 Å². The van der Waals surface area contributed by atoms with Crippen LogP contribution in [-0.4, -0.2) is 31.6 Å². The smallest absolute Gasteiger partial charge is 0.321 e. The van der Waals surface area contributed by atoms with Gasteiger partial charge in [0.25, 0.3) is 0 Å². The fourth-order valence-corrected chi connectivity index (χ4v) is 2.81. The normalized spacial score (nSPS) is 13.2. The van der Waals surface area contributed by atoms with E-state index in [9.17, 15) is 13.2 Å². The van der Waals surface area contributed by atoms with Crippen LogP contribution in [0.3, 0.4) is 0 Å². The molecule has 1 aromatic carbocycles. The number of benzene rings is 1. The minimum atomic E-state index is -3.86. The van der Waals surface area contributed by atoms with Crippen LogP contribution >= 0.6 is 0 Å². The molecule has 1 atom stereocenters. The zero-order valence-electron chi connectivity index (χ0n) is 11.9. The molecule has 0 radical (unpaired) electrons. The number of sulfonamides is 1. The summed E-state index contributed by atoms with van der Waals surface area (Å²) in [5.74, 6) is -0.629. The number of hydrogen-bond acceptors (Lipinski definition) is 4. The van der Waals surface area contributed by atoms with Crippen LogP contribution in [0.5, 0.6) is 5.75 Å². The molecule has 2 N–H and O–H groups in total. The minimum absolute atomic E-state index is 0.0127. The highest BCUT2D eigenvalue weighted by Crippen LogP contribution is 2.22. The molecule has 0 aromatic heterocycles. The lowest BCUT2D eigenvalue weighted by Crippen LogP contribution is -2.38. The molecule has 0 aliphatic carbocycles. The summed E-state index contributed by atoms with van der Waals surface area (Å²) in [6.07, 6.45) is -0.0127. The lowest BCUT2D eigenvalue weighted by Gasteiger charge is -2.14. The summed E-state index contributed by atoms with van der Waals surface area (Å²) in [5.41, 5.74) is 0.671. The number of hydrogen-bond donors (Lipinski definition) is 2. The van der Waals surface area contributed by atoms with E-state index < -0.39 is 22.0 Å². The Labute approximate surface area is 118 Å². The zero-order valence-corrected chi connectivity index (χ0v) is 12.7. The first kappa shape index (κ1) is 16.5. The van der Waals surface area contributed by atoms with Gasteiger partial charge >= 0.3 is 5.97 Å². The minimum Gasteiger partial charge on any atom is -0.491 e. The first-order valence-electron chi connectivity index (χ1n) is 6.16. The predicted molar refractivity (Wildman–Crippen MR) is 74.4 cm³/mol. The molecule has 0 amide bonds. The van der Waals surface area contributed by atoms with E-state index in [1.165, 1.54) is 19.1 Å². The number of carboxylic acids is 1. The van der Waals surface area contributed by atoms with E-state index in [1.54, 1.807) is 13.0 Å². The van der Waals surface area contributed by atoms with Crippen LogP contribution in [0.2, 0.25) is 0 Å². The van der Waals surface area contributed by atoms with Gasteiger partial charge in [0.05, 0.1) is 11.0 Å². The van der Waals surface area contributed by atoms with Crippen molar-refractivity contribution in [2.75, 3.05) is 0 Å². The van der Waals surface area contributed by atoms with Crippen molar-refractivity contribution in [2.45, 2.75) is 44.7 Å². The van der Waals surface area contributed by atoms with Crippen LogP contribution < -0.4 is 9.46 Å². The molecule has 0 spiro atoms.